The average molecular weight is 462 g/mol. The van der Waals surface area contributed by atoms with Crippen LogP contribution in [0, 0.1) is 11.5 Å². The van der Waals surface area contributed by atoms with Crippen LogP contribution in [0.5, 0.6) is 0 Å². The predicted octanol–water partition coefficient (Wildman–Crippen LogP) is 0.0795. The Morgan fingerprint density at radius 3 is 2.31 bits per heavy atom. The second-order valence-corrected chi connectivity index (χ2v) is 7.88. The van der Waals surface area contributed by atoms with Crippen LogP contribution in [-0.2, 0) is 32.6 Å². The minimum absolute atomic E-state index is 0. The van der Waals surface area contributed by atoms with E-state index in [1.54, 1.807) is 0 Å². The first-order valence-corrected chi connectivity index (χ1v) is 8.47. The fraction of sp³-hybridized carbons (Fsp3) is 0.304. The van der Waals surface area contributed by atoms with E-state index in [1.165, 1.54) is 39.0 Å². The quantitative estimate of drug-likeness (QED) is 0.451. The Labute approximate surface area is 189 Å². The third-order valence-electron chi connectivity index (χ3n) is 5.15. The van der Waals surface area contributed by atoms with E-state index in [0.29, 0.717) is 5.92 Å². The van der Waals surface area contributed by atoms with Gasteiger partial charge >= 0.3 is 26.2 Å². The molecule has 2 aromatic carbocycles. The molecule has 0 bridgehead atoms. The molecular weight excluding hydrogens is 438 g/mol. The molecule has 0 fully saturated rings. The predicted molar refractivity (Wildman–Crippen MR) is 97.6 cm³/mol. The summed E-state index contributed by atoms with van der Waals surface area (Å²) in [6, 6.07) is 17.0. The van der Waals surface area contributed by atoms with E-state index in [-0.39, 0.29) is 56.4 Å². The summed E-state index contributed by atoms with van der Waals surface area (Å²) in [6.45, 7) is 9.10. The number of rotatable bonds is 1. The monoisotopic (exact) mass is 459 g/mol. The Balaban J connectivity index is 0.00000113. The molecular formula is C23H23Cl2Zr. The van der Waals surface area contributed by atoms with E-state index < -0.39 is 0 Å². The zero-order valence-corrected chi connectivity index (χ0v) is 19.6. The largest absolute Gasteiger partial charge is 3.00 e. The molecule has 2 aliphatic carbocycles. The first-order chi connectivity index (χ1) is 10.9. The van der Waals surface area contributed by atoms with Gasteiger partial charge in [0, 0.05) is 5.92 Å². The van der Waals surface area contributed by atoms with E-state index in [0.717, 1.165) is 6.42 Å². The van der Waals surface area contributed by atoms with Crippen molar-refractivity contribution in [2.75, 3.05) is 0 Å². The fourth-order valence-electron chi connectivity index (χ4n) is 3.75. The molecule has 0 N–H and O–H groups in total. The molecule has 0 heterocycles. The maximum atomic E-state index is 3.73. The van der Waals surface area contributed by atoms with Crippen LogP contribution in [0.2, 0.25) is 0 Å². The molecule has 1 unspecified atom stereocenters. The molecule has 1 radical (unpaired) electrons. The van der Waals surface area contributed by atoms with E-state index in [9.17, 15) is 0 Å². The van der Waals surface area contributed by atoms with Gasteiger partial charge in [-0.25, -0.2) is 0 Å². The molecule has 0 aliphatic heterocycles. The van der Waals surface area contributed by atoms with Crippen molar-refractivity contribution in [2.24, 2.45) is 5.41 Å². The average Bonchev–Trinajstić information content (AvgIpc) is 3.06. The first kappa shape index (κ1) is 23.4. The van der Waals surface area contributed by atoms with Gasteiger partial charge in [-0.15, -0.1) is 11.1 Å². The topological polar surface area (TPSA) is 0 Å². The van der Waals surface area contributed by atoms with Gasteiger partial charge in [0.15, 0.2) is 0 Å². The smallest absolute Gasteiger partial charge is 1.00 e. The molecule has 1 atom stereocenters. The molecule has 2 aliphatic rings. The number of hydrogen-bond donors (Lipinski definition) is 0. The van der Waals surface area contributed by atoms with Crippen molar-refractivity contribution in [3.63, 3.8) is 0 Å². The van der Waals surface area contributed by atoms with Gasteiger partial charge in [-0.1, -0.05) is 73.9 Å². The fourth-order valence-corrected chi connectivity index (χ4v) is 3.75. The van der Waals surface area contributed by atoms with Gasteiger partial charge < -0.3 is 24.8 Å². The minimum Gasteiger partial charge on any atom is -1.00 e. The van der Waals surface area contributed by atoms with E-state index in [1.807, 2.05) is 0 Å². The molecule has 3 heteroatoms. The number of hydrogen-bond acceptors (Lipinski definition) is 0. The molecule has 0 saturated carbocycles. The van der Waals surface area contributed by atoms with Gasteiger partial charge in [-0.3, -0.25) is 0 Å². The second-order valence-electron chi connectivity index (χ2n) is 7.88. The maximum Gasteiger partial charge on any atom is 3.00 e. The Kier molecular flexibility index (Phi) is 7.74. The van der Waals surface area contributed by atoms with Crippen LogP contribution in [0.1, 0.15) is 50.3 Å². The summed E-state index contributed by atoms with van der Waals surface area (Å²) >= 11 is 0. The Bertz CT molecular complexity index is 857. The van der Waals surface area contributed by atoms with Gasteiger partial charge in [0.05, 0.1) is 0 Å². The number of benzene rings is 2. The van der Waals surface area contributed by atoms with Crippen LogP contribution in [0.4, 0.5) is 0 Å². The van der Waals surface area contributed by atoms with E-state index >= 15 is 0 Å². The van der Waals surface area contributed by atoms with Crippen molar-refractivity contribution in [1.82, 2.24) is 0 Å². The second kappa shape index (κ2) is 8.60. The van der Waals surface area contributed by atoms with Crippen LogP contribution >= 0.6 is 0 Å². The molecule has 0 nitrogen and oxygen atoms in total. The summed E-state index contributed by atoms with van der Waals surface area (Å²) in [5.74, 6) is 0.387. The van der Waals surface area contributed by atoms with Gasteiger partial charge in [-0.2, -0.15) is 23.8 Å². The molecule has 2 aromatic rings. The van der Waals surface area contributed by atoms with Crippen molar-refractivity contribution in [1.29, 1.82) is 0 Å². The number of fused-ring (bicyclic) bond motifs is 3. The van der Waals surface area contributed by atoms with Crippen molar-refractivity contribution < 1.29 is 51.0 Å². The van der Waals surface area contributed by atoms with Gasteiger partial charge in [0.25, 0.3) is 0 Å². The number of halogens is 2. The Hall–Kier alpha value is -0.617. The van der Waals surface area contributed by atoms with E-state index in [2.05, 4.69) is 82.3 Å². The van der Waals surface area contributed by atoms with Gasteiger partial charge in [0.2, 0.25) is 0 Å². The summed E-state index contributed by atoms with van der Waals surface area (Å²) in [7, 11) is 0. The van der Waals surface area contributed by atoms with Crippen LogP contribution in [-0.4, -0.2) is 0 Å². The summed E-state index contributed by atoms with van der Waals surface area (Å²) in [5, 5.41) is 0. The zero-order valence-electron chi connectivity index (χ0n) is 15.7. The normalized spacial score (nSPS) is 17.0. The van der Waals surface area contributed by atoms with Crippen molar-refractivity contribution in [3.8, 4) is 11.1 Å². The van der Waals surface area contributed by atoms with Crippen LogP contribution < -0.4 is 24.8 Å². The summed E-state index contributed by atoms with van der Waals surface area (Å²) in [4.78, 5) is 0. The molecule has 0 spiro atoms. The van der Waals surface area contributed by atoms with Crippen LogP contribution in [0.15, 0.2) is 59.7 Å². The third-order valence-corrected chi connectivity index (χ3v) is 5.15. The van der Waals surface area contributed by atoms with Gasteiger partial charge in [0.1, 0.15) is 0 Å². The van der Waals surface area contributed by atoms with E-state index in [4.69, 9.17) is 0 Å². The maximum absolute atomic E-state index is 3.73. The van der Waals surface area contributed by atoms with Gasteiger partial charge in [-0.05, 0) is 24.3 Å². The van der Waals surface area contributed by atoms with Crippen LogP contribution in [0.3, 0.4) is 0 Å². The molecule has 26 heavy (non-hydrogen) atoms. The standard InChI is InChI=1S/C23H23.2ClH.Zr/c1-15-11-19(23(2,3)4)14-22(15)17-9-10-21-18(13-17)12-16-7-5-6-8-20(16)21;;;/h5-11,14,22H,12H2,1-4H3;2*1H;/q-1;;;+3/p-2. The zero-order chi connectivity index (χ0) is 16.2. The van der Waals surface area contributed by atoms with Crippen molar-refractivity contribution >= 4 is 0 Å². The SMILES string of the molecule is CC1=CC(C(C)(C)C)=CC1c1[c-]c2c(cc1)-c1ccccc1C2.[Cl-].[Cl-].[Zr+3]. The Morgan fingerprint density at radius 1 is 0.962 bits per heavy atom. The molecule has 0 amide bonds. The summed E-state index contributed by atoms with van der Waals surface area (Å²) in [6.07, 6.45) is 5.81. The number of allylic oxidation sites excluding steroid dienone is 4. The first-order valence-electron chi connectivity index (χ1n) is 8.47. The Morgan fingerprint density at radius 2 is 1.65 bits per heavy atom. The molecule has 133 valence electrons. The molecule has 4 rings (SSSR count). The summed E-state index contributed by atoms with van der Waals surface area (Å²) in [5.41, 5.74) is 9.93. The molecule has 0 saturated heterocycles. The minimum atomic E-state index is 0. The van der Waals surface area contributed by atoms with Crippen molar-refractivity contribution in [3.05, 3.63) is 82.5 Å². The van der Waals surface area contributed by atoms with Crippen LogP contribution in [0.25, 0.3) is 11.1 Å². The third kappa shape index (κ3) is 4.11. The molecule has 0 aromatic heterocycles. The van der Waals surface area contributed by atoms with Crippen molar-refractivity contribution in [2.45, 2.75) is 40.0 Å². The summed E-state index contributed by atoms with van der Waals surface area (Å²) < 4.78 is 0.